The van der Waals surface area contributed by atoms with E-state index in [1.165, 1.54) is 0 Å². The van der Waals surface area contributed by atoms with Crippen molar-refractivity contribution in [3.05, 3.63) is 53.6 Å². The monoisotopic (exact) mass is 225 g/mol. The van der Waals surface area contributed by atoms with Crippen LogP contribution in [0.25, 0.3) is 0 Å². The van der Waals surface area contributed by atoms with E-state index in [-0.39, 0.29) is 5.91 Å². The molecule has 2 aromatic heterocycles. The average Bonchev–Trinajstić information content (AvgIpc) is 2.36. The second-order valence-corrected chi connectivity index (χ2v) is 4.02. The van der Waals surface area contributed by atoms with Gasteiger partial charge in [0.25, 0.3) is 5.91 Å². The summed E-state index contributed by atoms with van der Waals surface area (Å²) in [4.78, 5) is 20.2. The second-order valence-electron chi connectivity index (χ2n) is 4.02. The highest BCUT2D eigenvalue weighted by Gasteiger charge is 2.16. The number of fused-ring (bicyclic) bond motifs is 2. The Morgan fingerprint density at radius 3 is 2.59 bits per heavy atom. The minimum Gasteiger partial charge on any atom is -0.322 e. The van der Waals surface area contributed by atoms with Gasteiger partial charge in [-0.3, -0.25) is 14.8 Å². The number of pyridine rings is 2. The molecule has 0 aromatic carbocycles. The first-order valence-electron chi connectivity index (χ1n) is 5.52. The van der Waals surface area contributed by atoms with E-state index in [2.05, 4.69) is 15.3 Å². The van der Waals surface area contributed by atoms with E-state index in [9.17, 15) is 4.79 Å². The molecule has 0 saturated carbocycles. The number of hydrogen-bond donors (Lipinski definition) is 1. The number of carbonyl (C=O) groups is 1. The molecule has 84 valence electrons. The van der Waals surface area contributed by atoms with Crippen LogP contribution in [0.15, 0.2) is 36.9 Å². The summed E-state index contributed by atoms with van der Waals surface area (Å²) in [5, 5.41) is 2.91. The smallest absolute Gasteiger partial charge is 0.256 e. The van der Waals surface area contributed by atoms with Crippen LogP contribution in [-0.2, 0) is 12.8 Å². The van der Waals surface area contributed by atoms with Crippen LogP contribution >= 0.6 is 0 Å². The highest BCUT2D eigenvalue weighted by molar-refractivity contribution is 6.05. The van der Waals surface area contributed by atoms with E-state index in [0.29, 0.717) is 5.56 Å². The van der Waals surface area contributed by atoms with Gasteiger partial charge >= 0.3 is 0 Å². The Labute approximate surface area is 98.7 Å². The minimum absolute atomic E-state index is 0.0745. The summed E-state index contributed by atoms with van der Waals surface area (Å²) in [6.07, 6.45) is 8.58. The number of amides is 1. The minimum atomic E-state index is -0.0745. The average molecular weight is 225 g/mol. The summed E-state index contributed by atoms with van der Waals surface area (Å²) >= 11 is 0. The highest BCUT2D eigenvalue weighted by Crippen LogP contribution is 2.21. The molecular weight excluding hydrogens is 214 g/mol. The Balaban J connectivity index is 2.06. The van der Waals surface area contributed by atoms with Crippen molar-refractivity contribution in [1.29, 1.82) is 0 Å². The van der Waals surface area contributed by atoms with Crippen molar-refractivity contribution in [2.45, 2.75) is 12.8 Å². The largest absolute Gasteiger partial charge is 0.322 e. The number of aryl methyl sites for hydroxylation is 2. The number of nitrogens with zero attached hydrogens (tertiary/aromatic N) is 2. The van der Waals surface area contributed by atoms with Gasteiger partial charge in [0.05, 0.1) is 0 Å². The molecule has 3 heterocycles. The molecule has 0 radical (unpaired) electrons. The van der Waals surface area contributed by atoms with Gasteiger partial charge in [-0.25, -0.2) is 0 Å². The van der Waals surface area contributed by atoms with Crippen LogP contribution in [0.3, 0.4) is 0 Å². The molecular formula is C13H11N3O. The first-order chi connectivity index (χ1) is 8.34. The van der Waals surface area contributed by atoms with Crippen molar-refractivity contribution in [3.8, 4) is 0 Å². The number of hydrogen-bond acceptors (Lipinski definition) is 3. The van der Waals surface area contributed by atoms with Crippen LogP contribution < -0.4 is 5.32 Å². The van der Waals surface area contributed by atoms with Crippen LogP contribution in [-0.4, -0.2) is 15.9 Å². The molecule has 0 aliphatic carbocycles. The summed E-state index contributed by atoms with van der Waals surface area (Å²) < 4.78 is 0. The van der Waals surface area contributed by atoms with Gasteiger partial charge in [-0.05, 0) is 36.1 Å². The van der Waals surface area contributed by atoms with Gasteiger partial charge in [-0.2, -0.15) is 0 Å². The Bertz CT molecular complexity index is 580. The summed E-state index contributed by atoms with van der Waals surface area (Å²) in [6.45, 7) is 0. The molecule has 2 aromatic rings. The Morgan fingerprint density at radius 1 is 1.00 bits per heavy atom. The van der Waals surface area contributed by atoms with E-state index < -0.39 is 0 Å². The van der Waals surface area contributed by atoms with Gasteiger partial charge in [0.1, 0.15) is 0 Å². The van der Waals surface area contributed by atoms with Crippen LogP contribution in [0.5, 0.6) is 0 Å². The van der Waals surface area contributed by atoms with Crippen molar-refractivity contribution in [2.75, 3.05) is 5.32 Å². The summed E-state index contributed by atoms with van der Waals surface area (Å²) in [5.74, 6) is -0.0745. The fourth-order valence-electron chi connectivity index (χ4n) is 2.06. The number of anilines is 1. The number of carbonyl (C=O) groups excluding carboxylic acids is 1. The Hall–Kier alpha value is -2.23. The van der Waals surface area contributed by atoms with E-state index in [0.717, 1.165) is 29.7 Å². The first-order valence-corrected chi connectivity index (χ1v) is 5.52. The van der Waals surface area contributed by atoms with Gasteiger partial charge in [-0.15, -0.1) is 0 Å². The van der Waals surface area contributed by atoms with Crippen LogP contribution in [0.4, 0.5) is 5.69 Å². The van der Waals surface area contributed by atoms with Gasteiger partial charge in [-0.1, -0.05) is 0 Å². The zero-order valence-corrected chi connectivity index (χ0v) is 9.18. The quantitative estimate of drug-likeness (QED) is 0.744. The van der Waals surface area contributed by atoms with E-state index >= 15 is 0 Å². The molecule has 0 bridgehead atoms. The topological polar surface area (TPSA) is 54.9 Å². The summed E-state index contributed by atoms with van der Waals surface area (Å²) in [6, 6.07) is 3.59. The van der Waals surface area contributed by atoms with Crippen molar-refractivity contribution in [3.63, 3.8) is 0 Å². The van der Waals surface area contributed by atoms with Gasteiger partial charge in [0, 0.05) is 36.0 Å². The van der Waals surface area contributed by atoms with Crippen molar-refractivity contribution >= 4 is 11.6 Å². The predicted octanol–water partition coefficient (Wildman–Crippen LogP) is 1.83. The lowest BCUT2D eigenvalue weighted by atomic mass is 9.99. The number of rotatable bonds is 0. The molecule has 4 nitrogen and oxygen atoms in total. The molecule has 3 rings (SSSR count). The van der Waals surface area contributed by atoms with E-state index in [4.69, 9.17) is 0 Å². The summed E-state index contributed by atoms with van der Waals surface area (Å²) in [7, 11) is 0. The molecule has 1 aliphatic heterocycles. The molecule has 0 atom stereocenters. The Kier molecular flexibility index (Phi) is 2.33. The molecule has 0 unspecified atom stereocenters. The molecule has 0 saturated heterocycles. The zero-order chi connectivity index (χ0) is 11.7. The van der Waals surface area contributed by atoms with Gasteiger partial charge in [0.2, 0.25) is 0 Å². The predicted molar refractivity (Wildman–Crippen MR) is 63.8 cm³/mol. The highest BCUT2D eigenvalue weighted by atomic mass is 16.1. The molecule has 1 amide bonds. The molecule has 1 aliphatic rings. The maximum atomic E-state index is 12.1. The lowest BCUT2D eigenvalue weighted by molar-refractivity contribution is 0.102. The van der Waals surface area contributed by atoms with E-state index in [1.54, 1.807) is 30.9 Å². The lowest BCUT2D eigenvalue weighted by Gasteiger charge is -2.16. The number of aromatic nitrogens is 2. The fourth-order valence-corrected chi connectivity index (χ4v) is 2.06. The van der Waals surface area contributed by atoms with Crippen LogP contribution in [0, 0.1) is 0 Å². The fraction of sp³-hybridized carbons (Fsp3) is 0.154. The molecule has 1 N–H and O–H groups in total. The molecule has 0 fully saturated rings. The third kappa shape index (κ3) is 1.78. The van der Waals surface area contributed by atoms with Crippen LogP contribution in [0.2, 0.25) is 0 Å². The molecule has 17 heavy (non-hydrogen) atoms. The first kappa shape index (κ1) is 9.96. The van der Waals surface area contributed by atoms with Crippen molar-refractivity contribution in [2.24, 2.45) is 0 Å². The lowest BCUT2D eigenvalue weighted by Crippen LogP contribution is -2.18. The Morgan fingerprint density at radius 2 is 1.71 bits per heavy atom. The van der Waals surface area contributed by atoms with Crippen molar-refractivity contribution in [1.82, 2.24) is 9.97 Å². The number of nitrogens with one attached hydrogen (secondary N) is 1. The standard InChI is InChI=1S/C13H11N3O/c17-13-11-3-5-14-7-9(11)1-2-10-8-15-6-4-12(10)16-13/h3-8H,1-2H2,(H,16,17). The second kappa shape index (κ2) is 3.97. The third-order valence-corrected chi connectivity index (χ3v) is 2.96. The molecule has 4 heteroatoms. The van der Waals surface area contributed by atoms with Gasteiger partial charge in [0.15, 0.2) is 0 Å². The van der Waals surface area contributed by atoms with Gasteiger partial charge < -0.3 is 5.32 Å². The van der Waals surface area contributed by atoms with Crippen molar-refractivity contribution < 1.29 is 4.79 Å². The maximum absolute atomic E-state index is 12.1. The van der Waals surface area contributed by atoms with E-state index in [1.807, 2.05) is 6.07 Å². The maximum Gasteiger partial charge on any atom is 0.256 e. The summed E-state index contributed by atoms with van der Waals surface area (Å²) in [5.41, 5.74) is 3.62. The zero-order valence-electron chi connectivity index (χ0n) is 9.18. The normalized spacial score (nSPS) is 14.0. The third-order valence-electron chi connectivity index (χ3n) is 2.96. The van der Waals surface area contributed by atoms with Crippen LogP contribution in [0.1, 0.15) is 21.5 Å². The SMILES string of the molecule is O=C1Nc2ccncc2CCc2cnccc21. The molecule has 0 spiro atoms.